The Morgan fingerprint density at radius 3 is 2.42 bits per heavy atom. The number of rotatable bonds is 2. The average Bonchev–Trinajstić information content (AvgIpc) is 3.23. The predicted molar refractivity (Wildman–Crippen MR) is 117 cm³/mol. The molecule has 3 aromatic rings. The van der Waals surface area contributed by atoms with Gasteiger partial charge in [-0.1, -0.05) is 23.7 Å². The summed E-state index contributed by atoms with van der Waals surface area (Å²) < 4.78 is 19.1. The van der Waals surface area contributed by atoms with Gasteiger partial charge < -0.3 is 14.5 Å². The number of carbonyl (C=O) groups is 2. The van der Waals surface area contributed by atoms with Gasteiger partial charge in [0.1, 0.15) is 18.2 Å². The molecule has 2 aliphatic rings. The molecule has 1 saturated heterocycles. The number of amides is 2. The molecule has 0 bridgehead atoms. The van der Waals surface area contributed by atoms with Crippen molar-refractivity contribution in [3.8, 4) is 16.2 Å². The van der Waals surface area contributed by atoms with Gasteiger partial charge in [0, 0.05) is 42.2 Å². The maximum Gasteiger partial charge on any atom is 0.264 e. The van der Waals surface area contributed by atoms with Crippen molar-refractivity contribution in [1.82, 2.24) is 9.80 Å². The number of fused-ring (bicyclic) bond motifs is 3. The van der Waals surface area contributed by atoms with Crippen LogP contribution in [0.15, 0.2) is 48.5 Å². The molecule has 1 aromatic heterocycles. The summed E-state index contributed by atoms with van der Waals surface area (Å²) >= 11 is 7.51. The van der Waals surface area contributed by atoms with Gasteiger partial charge in [-0.3, -0.25) is 9.59 Å². The number of benzene rings is 2. The number of halogens is 2. The molecule has 2 amide bonds. The molecular weight excluding hydrogens is 439 g/mol. The summed E-state index contributed by atoms with van der Waals surface area (Å²) in [4.78, 5) is 31.0. The minimum Gasteiger partial charge on any atom is -0.488 e. The van der Waals surface area contributed by atoms with Gasteiger partial charge in [-0.25, -0.2) is 4.39 Å². The zero-order valence-electron chi connectivity index (χ0n) is 16.4. The number of ether oxygens (including phenoxy) is 1. The quantitative estimate of drug-likeness (QED) is 0.561. The third kappa shape index (κ3) is 3.68. The van der Waals surface area contributed by atoms with E-state index < -0.39 is 5.82 Å². The molecule has 158 valence electrons. The standard InChI is InChI=1S/C23H18ClFN2O3S/c24-18-12-15(25)5-6-16(18)22(28)26-7-9-27(10-8-26)23(29)20-11-14-13-30-19-4-2-1-3-17(19)21(14)31-20/h1-6,11-12H,7-10,13H2. The monoisotopic (exact) mass is 456 g/mol. The van der Waals surface area contributed by atoms with Crippen molar-refractivity contribution in [3.63, 3.8) is 0 Å². The van der Waals surface area contributed by atoms with Crippen LogP contribution in [0, 0.1) is 5.82 Å². The van der Waals surface area contributed by atoms with Crippen molar-refractivity contribution in [2.75, 3.05) is 26.2 Å². The van der Waals surface area contributed by atoms with Crippen LogP contribution in [0.1, 0.15) is 25.6 Å². The fourth-order valence-electron chi connectivity index (χ4n) is 3.91. The number of carbonyl (C=O) groups excluding carboxylic acids is 2. The van der Waals surface area contributed by atoms with E-state index in [0.717, 1.165) is 27.8 Å². The van der Waals surface area contributed by atoms with Crippen molar-refractivity contribution < 1.29 is 18.7 Å². The number of nitrogens with zero attached hydrogens (tertiary/aromatic N) is 2. The van der Waals surface area contributed by atoms with Gasteiger partial charge in [0.25, 0.3) is 11.8 Å². The molecular formula is C23H18ClFN2O3S. The topological polar surface area (TPSA) is 49.9 Å². The van der Waals surface area contributed by atoms with E-state index in [0.29, 0.717) is 37.7 Å². The number of hydrogen-bond donors (Lipinski definition) is 0. The maximum atomic E-state index is 13.3. The van der Waals surface area contributed by atoms with E-state index in [2.05, 4.69) is 0 Å². The SMILES string of the molecule is O=C(c1cc2c(s1)-c1ccccc1OC2)N1CCN(C(=O)c2ccc(F)cc2Cl)CC1. The predicted octanol–water partition coefficient (Wildman–Crippen LogP) is 4.70. The van der Waals surface area contributed by atoms with Crippen LogP contribution in [0.4, 0.5) is 4.39 Å². The Bertz CT molecular complexity index is 1190. The molecule has 3 heterocycles. The fraction of sp³-hybridized carbons (Fsp3) is 0.217. The van der Waals surface area contributed by atoms with Crippen LogP contribution in [0.3, 0.4) is 0 Å². The first kappa shape index (κ1) is 20.0. The van der Waals surface area contributed by atoms with Gasteiger partial charge in [-0.15, -0.1) is 11.3 Å². The molecule has 0 saturated carbocycles. The zero-order chi connectivity index (χ0) is 21.5. The van der Waals surface area contributed by atoms with Crippen LogP contribution in [0.5, 0.6) is 5.75 Å². The van der Waals surface area contributed by atoms with Crippen molar-refractivity contribution in [2.24, 2.45) is 0 Å². The highest BCUT2D eigenvalue weighted by molar-refractivity contribution is 7.17. The molecule has 8 heteroatoms. The van der Waals surface area contributed by atoms with Crippen LogP contribution < -0.4 is 4.74 Å². The van der Waals surface area contributed by atoms with E-state index in [4.69, 9.17) is 16.3 Å². The Kier molecular flexibility index (Phi) is 5.16. The van der Waals surface area contributed by atoms with Crippen LogP contribution in [0.25, 0.3) is 10.4 Å². The van der Waals surface area contributed by atoms with E-state index >= 15 is 0 Å². The summed E-state index contributed by atoms with van der Waals surface area (Å²) in [5.41, 5.74) is 2.30. The molecule has 5 nitrogen and oxygen atoms in total. The number of hydrogen-bond acceptors (Lipinski definition) is 4. The largest absolute Gasteiger partial charge is 0.488 e. The molecule has 5 rings (SSSR count). The van der Waals surface area contributed by atoms with Gasteiger partial charge in [0.15, 0.2) is 0 Å². The summed E-state index contributed by atoms with van der Waals surface area (Å²) in [6.07, 6.45) is 0. The zero-order valence-corrected chi connectivity index (χ0v) is 18.0. The molecule has 0 radical (unpaired) electrons. The van der Waals surface area contributed by atoms with Gasteiger partial charge in [-0.05, 0) is 36.4 Å². The highest BCUT2D eigenvalue weighted by atomic mass is 35.5. The van der Waals surface area contributed by atoms with Gasteiger partial charge in [-0.2, -0.15) is 0 Å². The van der Waals surface area contributed by atoms with Crippen LogP contribution >= 0.6 is 22.9 Å². The lowest BCUT2D eigenvalue weighted by molar-refractivity contribution is 0.0538. The Morgan fingerprint density at radius 1 is 0.968 bits per heavy atom. The van der Waals surface area contributed by atoms with Crippen molar-refractivity contribution in [1.29, 1.82) is 0 Å². The fourth-order valence-corrected chi connectivity index (χ4v) is 5.32. The van der Waals surface area contributed by atoms with Crippen LogP contribution in [-0.2, 0) is 6.61 Å². The molecule has 0 unspecified atom stereocenters. The first-order chi connectivity index (χ1) is 15.0. The Labute approximate surface area is 187 Å². The summed E-state index contributed by atoms with van der Waals surface area (Å²) in [5, 5.41) is 0.0928. The molecule has 2 aliphatic heterocycles. The molecule has 0 atom stereocenters. The number of piperazine rings is 1. The van der Waals surface area contributed by atoms with Crippen molar-refractivity contribution in [2.45, 2.75) is 6.61 Å². The molecule has 1 fully saturated rings. The Hall–Kier alpha value is -2.90. The van der Waals surface area contributed by atoms with E-state index in [1.54, 1.807) is 9.80 Å². The maximum absolute atomic E-state index is 13.3. The third-order valence-electron chi connectivity index (χ3n) is 5.55. The van der Waals surface area contributed by atoms with Crippen molar-refractivity contribution >= 4 is 34.8 Å². The first-order valence-electron chi connectivity index (χ1n) is 9.90. The van der Waals surface area contributed by atoms with Gasteiger partial charge >= 0.3 is 0 Å². The average molecular weight is 457 g/mol. The lowest BCUT2D eigenvalue weighted by atomic mass is 10.1. The minimum absolute atomic E-state index is 0.0382. The molecule has 0 aliphatic carbocycles. The Balaban J connectivity index is 1.28. The van der Waals surface area contributed by atoms with E-state index in [1.165, 1.54) is 23.5 Å². The Morgan fingerprint density at radius 2 is 1.68 bits per heavy atom. The molecule has 0 spiro atoms. The molecule has 0 N–H and O–H groups in total. The summed E-state index contributed by atoms with van der Waals surface area (Å²) in [5.74, 6) is 0.0623. The van der Waals surface area contributed by atoms with Gasteiger partial charge in [0.2, 0.25) is 0 Å². The summed E-state index contributed by atoms with van der Waals surface area (Å²) in [6, 6.07) is 13.5. The lowest BCUT2D eigenvalue weighted by Gasteiger charge is -2.34. The summed E-state index contributed by atoms with van der Waals surface area (Å²) in [7, 11) is 0. The van der Waals surface area contributed by atoms with Crippen LogP contribution in [-0.4, -0.2) is 47.8 Å². The second-order valence-electron chi connectivity index (χ2n) is 7.46. The lowest BCUT2D eigenvalue weighted by Crippen LogP contribution is -2.50. The third-order valence-corrected chi connectivity index (χ3v) is 7.06. The number of para-hydroxylation sites is 1. The number of thiophene rings is 1. The minimum atomic E-state index is -0.483. The highest BCUT2D eigenvalue weighted by Crippen LogP contribution is 2.42. The smallest absolute Gasteiger partial charge is 0.264 e. The second kappa shape index (κ2) is 7.98. The normalized spacial score (nSPS) is 15.2. The van der Waals surface area contributed by atoms with Gasteiger partial charge in [0.05, 0.1) is 15.5 Å². The molecule has 31 heavy (non-hydrogen) atoms. The first-order valence-corrected chi connectivity index (χ1v) is 11.1. The van der Waals surface area contributed by atoms with E-state index in [9.17, 15) is 14.0 Å². The van der Waals surface area contributed by atoms with E-state index in [1.807, 2.05) is 30.3 Å². The summed E-state index contributed by atoms with van der Waals surface area (Å²) in [6.45, 7) is 2.11. The van der Waals surface area contributed by atoms with Crippen LogP contribution in [0.2, 0.25) is 5.02 Å². The second-order valence-corrected chi connectivity index (χ2v) is 8.92. The van der Waals surface area contributed by atoms with E-state index in [-0.39, 0.29) is 22.4 Å². The molecule has 2 aromatic carbocycles. The highest BCUT2D eigenvalue weighted by Gasteiger charge is 2.29. The van der Waals surface area contributed by atoms with Crippen molar-refractivity contribution in [3.05, 3.63) is 75.4 Å².